The number of ether oxygens (including phenoxy) is 5. The molecule has 0 aliphatic carbocycles. The van der Waals surface area contributed by atoms with Gasteiger partial charge in [-0.3, -0.25) is 0 Å². The van der Waals surface area contributed by atoms with Crippen LogP contribution in [0.2, 0.25) is 0 Å². The zero-order chi connectivity index (χ0) is 23.2. The lowest BCUT2D eigenvalue weighted by molar-refractivity contribution is -0.157. The van der Waals surface area contributed by atoms with Crippen molar-refractivity contribution in [1.82, 2.24) is 0 Å². The van der Waals surface area contributed by atoms with Gasteiger partial charge in [-0.05, 0) is 62.2 Å². The quantitative estimate of drug-likeness (QED) is 0.485. The van der Waals surface area contributed by atoms with Gasteiger partial charge in [0, 0.05) is 0 Å². The van der Waals surface area contributed by atoms with Crippen LogP contribution in [0.3, 0.4) is 0 Å². The smallest absolute Gasteiger partial charge is 0.344 e. The Morgan fingerprint density at radius 3 is 2.10 bits per heavy atom. The fourth-order valence-corrected chi connectivity index (χ4v) is 2.75. The van der Waals surface area contributed by atoms with Gasteiger partial charge in [0.1, 0.15) is 22.7 Å². The summed E-state index contributed by atoms with van der Waals surface area (Å²) < 4.78 is 25.7. The van der Waals surface area contributed by atoms with Crippen molar-refractivity contribution in [3.63, 3.8) is 0 Å². The number of carbonyl (C=O) groups is 3. The predicted molar refractivity (Wildman–Crippen MR) is 112 cm³/mol. The van der Waals surface area contributed by atoms with Gasteiger partial charge in [0.05, 0.1) is 26.9 Å². The molecule has 0 heterocycles. The van der Waals surface area contributed by atoms with E-state index in [0.717, 1.165) is 0 Å². The van der Waals surface area contributed by atoms with E-state index < -0.39 is 23.5 Å². The molecule has 0 N–H and O–H groups in total. The van der Waals surface area contributed by atoms with Crippen LogP contribution in [0.4, 0.5) is 0 Å². The number of esters is 3. The Labute approximate surface area is 181 Å². The standard InChI is InChI=1S/C23H26O8/c1-23(2,3)31-20(24)13-30-17-10-15(9-16(11-17)21(25)28-5)14-7-8-18(22(26)29-6)19(12-14)27-4/h7-12H,13H2,1-6H3. The van der Waals surface area contributed by atoms with Crippen LogP contribution in [-0.4, -0.2) is 51.4 Å². The van der Waals surface area contributed by atoms with Crippen LogP contribution in [0.5, 0.6) is 11.5 Å². The van der Waals surface area contributed by atoms with Gasteiger partial charge in [-0.2, -0.15) is 0 Å². The van der Waals surface area contributed by atoms with E-state index in [1.165, 1.54) is 27.4 Å². The molecule has 0 atom stereocenters. The van der Waals surface area contributed by atoms with Gasteiger partial charge in [0.15, 0.2) is 6.61 Å². The lowest BCUT2D eigenvalue weighted by Crippen LogP contribution is -2.27. The van der Waals surface area contributed by atoms with Crippen LogP contribution in [0.25, 0.3) is 11.1 Å². The maximum atomic E-state index is 12.1. The van der Waals surface area contributed by atoms with Gasteiger partial charge in [-0.25, -0.2) is 14.4 Å². The highest BCUT2D eigenvalue weighted by Gasteiger charge is 2.18. The number of rotatable bonds is 7. The lowest BCUT2D eigenvalue weighted by Gasteiger charge is -2.19. The van der Waals surface area contributed by atoms with E-state index in [2.05, 4.69) is 0 Å². The molecule has 0 bridgehead atoms. The van der Waals surface area contributed by atoms with Crippen LogP contribution >= 0.6 is 0 Å². The zero-order valence-corrected chi connectivity index (χ0v) is 18.4. The molecule has 0 unspecified atom stereocenters. The highest BCUT2D eigenvalue weighted by molar-refractivity contribution is 5.94. The summed E-state index contributed by atoms with van der Waals surface area (Å²) in [5, 5.41) is 0. The molecule has 8 heteroatoms. The second-order valence-electron chi connectivity index (χ2n) is 7.52. The van der Waals surface area contributed by atoms with Crippen LogP contribution < -0.4 is 9.47 Å². The highest BCUT2D eigenvalue weighted by Crippen LogP contribution is 2.31. The summed E-state index contributed by atoms with van der Waals surface area (Å²) >= 11 is 0. The summed E-state index contributed by atoms with van der Waals surface area (Å²) in [5.41, 5.74) is 1.10. The second kappa shape index (κ2) is 9.97. The van der Waals surface area contributed by atoms with E-state index in [4.69, 9.17) is 23.7 Å². The van der Waals surface area contributed by atoms with Gasteiger partial charge in [-0.15, -0.1) is 0 Å². The summed E-state index contributed by atoms with van der Waals surface area (Å²) in [5.74, 6) is -1.05. The van der Waals surface area contributed by atoms with E-state index in [1.807, 2.05) is 0 Å². The largest absolute Gasteiger partial charge is 0.496 e. The first-order valence-corrected chi connectivity index (χ1v) is 9.42. The van der Waals surface area contributed by atoms with Crippen LogP contribution in [0.15, 0.2) is 36.4 Å². The third-order valence-electron chi connectivity index (χ3n) is 4.04. The van der Waals surface area contributed by atoms with E-state index in [0.29, 0.717) is 16.9 Å². The Morgan fingerprint density at radius 1 is 0.839 bits per heavy atom. The maximum absolute atomic E-state index is 12.1. The Morgan fingerprint density at radius 2 is 1.52 bits per heavy atom. The molecule has 31 heavy (non-hydrogen) atoms. The van der Waals surface area contributed by atoms with Gasteiger partial charge >= 0.3 is 17.9 Å². The first-order chi connectivity index (χ1) is 14.6. The van der Waals surface area contributed by atoms with E-state index in [9.17, 15) is 14.4 Å². The third kappa shape index (κ3) is 6.47. The highest BCUT2D eigenvalue weighted by atomic mass is 16.6. The van der Waals surface area contributed by atoms with Gasteiger partial charge < -0.3 is 23.7 Å². The van der Waals surface area contributed by atoms with Crippen molar-refractivity contribution in [3.05, 3.63) is 47.5 Å². The molecule has 0 saturated carbocycles. The number of hydrogen-bond acceptors (Lipinski definition) is 8. The number of carbonyl (C=O) groups excluding carboxylic acids is 3. The number of hydrogen-bond donors (Lipinski definition) is 0. The molecule has 0 amide bonds. The molecule has 0 spiro atoms. The molecule has 166 valence electrons. The Balaban J connectivity index is 2.41. The number of methoxy groups -OCH3 is 3. The minimum absolute atomic E-state index is 0.232. The first kappa shape index (κ1) is 23.7. The van der Waals surface area contributed by atoms with E-state index in [1.54, 1.807) is 51.1 Å². The number of benzene rings is 2. The molecule has 8 nitrogen and oxygen atoms in total. The summed E-state index contributed by atoms with van der Waals surface area (Å²) in [6, 6.07) is 9.62. The molecule has 0 fully saturated rings. The molecule has 0 saturated heterocycles. The van der Waals surface area contributed by atoms with Crippen molar-refractivity contribution < 1.29 is 38.1 Å². The fraction of sp³-hybridized carbons (Fsp3) is 0.348. The average Bonchev–Trinajstić information content (AvgIpc) is 2.74. The van der Waals surface area contributed by atoms with E-state index >= 15 is 0 Å². The zero-order valence-electron chi connectivity index (χ0n) is 18.4. The van der Waals surface area contributed by atoms with Gasteiger partial charge in [0.25, 0.3) is 0 Å². The Hall–Kier alpha value is -3.55. The molecule has 2 rings (SSSR count). The van der Waals surface area contributed by atoms with Crippen molar-refractivity contribution in [2.45, 2.75) is 26.4 Å². The normalized spacial score (nSPS) is 10.8. The Kier molecular flexibility index (Phi) is 7.63. The second-order valence-corrected chi connectivity index (χ2v) is 7.52. The maximum Gasteiger partial charge on any atom is 0.344 e. The van der Waals surface area contributed by atoms with Crippen molar-refractivity contribution in [2.75, 3.05) is 27.9 Å². The molecule has 0 radical (unpaired) electrons. The van der Waals surface area contributed by atoms with E-state index in [-0.39, 0.29) is 23.5 Å². The molecule has 0 aliphatic rings. The SMILES string of the molecule is COC(=O)c1cc(OCC(=O)OC(C)(C)C)cc(-c2ccc(C(=O)OC)c(OC)c2)c1. The van der Waals surface area contributed by atoms with Crippen LogP contribution in [0.1, 0.15) is 41.5 Å². The fourth-order valence-electron chi connectivity index (χ4n) is 2.75. The molecule has 2 aromatic carbocycles. The summed E-state index contributed by atoms with van der Waals surface area (Å²) in [6.07, 6.45) is 0. The van der Waals surface area contributed by atoms with Crippen LogP contribution in [0, 0.1) is 0 Å². The van der Waals surface area contributed by atoms with Crippen molar-refractivity contribution in [1.29, 1.82) is 0 Å². The van der Waals surface area contributed by atoms with Gasteiger partial charge in [-0.1, -0.05) is 6.07 Å². The summed E-state index contributed by atoms with van der Waals surface area (Å²) in [6.45, 7) is 4.94. The third-order valence-corrected chi connectivity index (χ3v) is 4.04. The lowest BCUT2D eigenvalue weighted by atomic mass is 10.0. The Bertz CT molecular complexity index is 972. The monoisotopic (exact) mass is 430 g/mol. The van der Waals surface area contributed by atoms with Crippen LogP contribution in [-0.2, 0) is 19.0 Å². The molecule has 0 aliphatic heterocycles. The predicted octanol–water partition coefficient (Wildman–Crippen LogP) is 3.66. The van der Waals surface area contributed by atoms with Crippen molar-refractivity contribution in [3.8, 4) is 22.6 Å². The minimum atomic E-state index is -0.641. The molecular weight excluding hydrogens is 404 g/mol. The average molecular weight is 430 g/mol. The molecule has 2 aromatic rings. The topological polar surface area (TPSA) is 97.4 Å². The summed E-state index contributed by atoms with van der Waals surface area (Å²) in [4.78, 5) is 36.0. The summed E-state index contributed by atoms with van der Waals surface area (Å²) in [7, 11) is 3.99. The minimum Gasteiger partial charge on any atom is -0.496 e. The van der Waals surface area contributed by atoms with Crippen molar-refractivity contribution >= 4 is 17.9 Å². The molecule has 0 aromatic heterocycles. The van der Waals surface area contributed by atoms with Crippen molar-refractivity contribution in [2.24, 2.45) is 0 Å². The van der Waals surface area contributed by atoms with Gasteiger partial charge in [0.2, 0.25) is 0 Å². The first-order valence-electron chi connectivity index (χ1n) is 9.42. The molecular formula is C23H26O8.